The summed E-state index contributed by atoms with van der Waals surface area (Å²) >= 11 is 0. The van der Waals surface area contributed by atoms with E-state index in [1.54, 1.807) is 6.20 Å². The van der Waals surface area contributed by atoms with Gasteiger partial charge in [-0.15, -0.1) is 5.10 Å². The lowest BCUT2D eigenvalue weighted by Gasteiger charge is -2.11. The number of fused-ring (bicyclic) bond motifs is 2. The first-order chi connectivity index (χ1) is 10.7. The van der Waals surface area contributed by atoms with Crippen molar-refractivity contribution in [3.05, 3.63) is 35.4 Å². The van der Waals surface area contributed by atoms with Gasteiger partial charge in [-0.2, -0.15) is 5.10 Å². The van der Waals surface area contributed by atoms with E-state index in [1.165, 1.54) is 0 Å². The first kappa shape index (κ1) is 13.0. The second-order valence-electron chi connectivity index (χ2n) is 5.59. The number of benzene rings is 1. The quantitative estimate of drug-likeness (QED) is 0.786. The fourth-order valence-corrected chi connectivity index (χ4v) is 3.06. The molecule has 2 aliphatic heterocycles. The van der Waals surface area contributed by atoms with Crippen molar-refractivity contribution in [1.29, 1.82) is 0 Å². The second kappa shape index (κ2) is 4.66. The van der Waals surface area contributed by atoms with Gasteiger partial charge in [-0.05, 0) is 31.0 Å². The Morgan fingerprint density at radius 1 is 1.18 bits per heavy atom. The second-order valence-corrected chi connectivity index (χ2v) is 5.59. The lowest BCUT2D eigenvalue weighted by atomic mass is 9.97. The third kappa shape index (κ3) is 1.89. The molecule has 0 aliphatic carbocycles. The Bertz CT molecular complexity index is 775. The van der Waals surface area contributed by atoms with Gasteiger partial charge in [0.25, 0.3) is 0 Å². The molecule has 1 amide bonds. The van der Waals surface area contributed by atoms with Crippen LogP contribution >= 0.6 is 0 Å². The van der Waals surface area contributed by atoms with Crippen molar-refractivity contribution < 1.29 is 4.79 Å². The molecule has 22 heavy (non-hydrogen) atoms. The molecule has 112 valence electrons. The van der Waals surface area contributed by atoms with Crippen LogP contribution in [0.25, 0.3) is 0 Å². The third-order valence-electron chi connectivity index (χ3n) is 4.13. The molecule has 1 aromatic carbocycles. The fourth-order valence-electron chi connectivity index (χ4n) is 3.06. The smallest absolute Gasteiger partial charge is 0.231 e. The number of hydrogen-bond acceptors (Lipinski definition) is 6. The number of aryl methyl sites for hydroxylation is 1. The Labute approximate surface area is 127 Å². The largest absolute Gasteiger partial charge is 0.359 e. The van der Waals surface area contributed by atoms with Crippen LogP contribution in [0.5, 0.6) is 0 Å². The highest BCUT2D eigenvalue weighted by molar-refractivity contribution is 6.04. The van der Waals surface area contributed by atoms with E-state index >= 15 is 0 Å². The average molecular weight is 296 g/mol. The molecule has 2 aromatic rings. The van der Waals surface area contributed by atoms with Gasteiger partial charge < -0.3 is 16.0 Å². The Morgan fingerprint density at radius 3 is 2.68 bits per heavy atom. The predicted octanol–water partition coefficient (Wildman–Crippen LogP) is 2.16. The molecule has 7 nitrogen and oxygen atoms in total. The van der Waals surface area contributed by atoms with Gasteiger partial charge in [-0.3, -0.25) is 4.79 Å². The molecule has 0 saturated carbocycles. The Kier molecular flexibility index (Phi) is 2.75. The third-order valence-corrected chi connectivity index (χ3v) is 4.13. The van der Waals surface area contributed by atoms with Crippen LogP contribution in [0.2, 0.25) is 0 Å². The van der Waals surface area contributed by atoms with Crippen LogP contribution in [0, 0.1) is 6.92 Å². The van der Waals surface area contributed by atoms with E-state index in [4.69, 9.17) is 0 Å². The highest BCUT2D eigenvalue weighted by Gasteiger charge is 2.32. The van der Waals surface area contributed by atoms with Crippen LogP contribution in [-0.2, 0) is 4.79 Å². The molecule has 7 heteroatoms. The van der Waals surface area contributed by atoms with Crippen LogP contribution in [0.4, 0.5) is 17.1 Å². The summed E-state index contributed by atoms with van der Waals surface area (Å²) in [4.78, 5) is 16.3. The van der Waals surface area contributed by atoms with E-state index in [1.807, 2.05) is 26.0 Å². The van der Waals surface area contributed by atoms with Crippen molar-refractivity contribution in [2.45, 2.75) is 32.4 Å². The van der Waals surface area contributed by atoms with Crippen molar-refractivity contribution in [2.24, 2.45) is 0 Å². The SMILES string of the molecule is CCC1C(=O)Nc2cc3c(cc21)NC(c1cnnc(C)n1)N3. The van der Waals surface area contributed by atoms with E-state index in [0.717, 1.165) is 34.7 Å². The maximum atomic E-state index is 11.9. The van der Waals surface area contributed by atoms with E-state index in [2.05, 4.69) is 31.1 Å². The molecule has 0 saturated heterocycles. The van der Waals surface area contributed by atoms with Crippen molar-refractivity contribution >= 4 is 23.0 Å². The monoisotopic (exact) mass is 296 g/mol. The molecule has 0 bridgehead atoms. The number of carbonyl (C=O) groups is 1. The summed E-state index contributed by atoms with van der Waals surface area (Å²) in [6.07, 6.45) is 2.31. The highest BCUT2D eigenvalue weighted by atomic mass is 16.2. The number of aromatic nitrogens is 3. The van der Waals surface area contributed by atoms with E-state index in [9.17, 15) is 4.79 Å². The van der Waals surface area contributed by atoms with Gasteiger partial charge in [0, 0.05) is 5.69 Å². The standard InChI is InChI=1S/C15H16N6O/c1-3-8-9-4-11-12(5-10(9)20-15(8)22)19-14(18-11)13-6-16-21-7(2)17-13/h4-6,8,14,18-19H,3H2,1-2H3,(H,20,22). The van der Waals surface area contributed by atoms with Gasteiger partial charge in [0.1, 0.15) is 17.7 Å². The van der Waals surface area contributed by atoms with Crippen molar-refractivity contribution in [3.8, 4) is 0 Å². The molecular formula is C15H16N6O. The molecule has 3 heterocycles. The summed E-state index contributed by atoms with van der Waals surface area (Å²) in [5.74, 6) is 0.648. The van der Waals surface area contributed by atoms with Crippen LogP contribution in [0.1, 0.15) is 42.5 Å². The van der Waals surface area contributed by atoms with Crippen molar-refractivity contribution in [3.63, 3.8) is 0 Å². The number of nitrogens with one attached hydrogen (secondary N) is 3. The summed E-state index contributed by atoms with van der Waals surface area (Å²) < 4.78 is 0. The van der Waals surface area contributed by atoms with Crippen LogP contribution in [-0.4, -0.2) is 21.1 Å². The molecule has 0 spiro atoms. The number of anilines is 3. The summed E-state index contributed by atoms with van der Waals surface area (Å²) in [6, 6.07) is 4.03. The van der Waals surface area contributed by atoms with Gasteiger partial charge in [-0.25, -0.2) is 4.98 Å². The normalized spacial score (nSPS) is 21.6. The summed E-state index contributed by atoms with van der Waals surface area (Å²) in [5, 5.41) is 17.5. The lowest BCUT2D eigenvalue weighted by molar-refractivity contribution is -0.117. The molecule has 0 radical (unpaired) electrons. The zero-order valence-electron chi connectivity index (χ0n) is 12.3. The van der Waals surface area contributed by atoms with Gasteiger partial charge >= 0.3 is 0 Å². The number of hydrogen-bond donors (Lipinski definition) is 3. The van der Waals surface area contributed by atoms with Crippen LogP contribution in [0.15, 0.2) is 18.3 Å². The van der Waals surface area contributed by atoms with Gasteiger partial charge in [0.15, 0.2) is 0 Å². The van der Waals surface area contributed by atoms with E-state index in [0.29, 0.717) is 5.82 Å². The fraction of sp³-hybridized carbons (Fsp3) is 0.333. The van der Waals surface area contributed by atoms with Crippen LogP contribution in [0.3, 0.4) is 0 Å². The Balaban J connectivity index is 1.67. The van der Waals surface area contributed by atoms with Gasteiger partial charge in [0.2, 0.25) is 5.91 Å². The number of amides is 1. The summed E-state index contributed by atoms with van der Waals surface area (Å²) in [6.45, 7) is 3.84. The molecule has 2 unspecified atom stereocenters. The highest BCUT2D eigenvalue weighted by Crippen LogP contribution is 2.44. The lowest BCUT2D eigenvalue weighted by Crippen LogP contribution is -2.15. The minimum Gasteiger partial charge on any atom is -0.359 e. The predicted molar refractivity (Wildman–Crippen MR) is 82.7 cm³/mol. The maximum absolute atomic E-state index is 11.9. The molecule has 2 atom stereocenters. The summed E-state index contributed by atoms with van der Waals surface area (Å²) in [5.41, 5.74) is 4.67. The molecule has 3 N–H and O–H groups in total. The van der Waals surface area contributed by atoms with E-state index < -0.39 is 0 Å². The van der Waals surface area contributed by atoms with Gasteiger partial charge in [0.05, 0.1) is 23.5 Å². The van der Waals surface area contributed by atoms with Crippen molar-refractivity contribution in [2.75, 3.05) is 16.0 Å². The minimum absolute atomic E-state index is 0.0656. The number of nitrogens with zero attached hydrogens (tertiary/aromatic N) is 3. The number of carbonyl (C=O) groups excluding carboxylic acids is 1. The van der Waals surface area contributed by atoms with Crippen LogP contribution < -0.4 is 16.0 Å². The summed E-state index contributed by atoms with van der Waals surface area (Å²) in [7, 11) is 0. The maximum Gasteiger partial charge on any atom is 0.231 e. The Morgan fingerprint density at radius 2 is 1.95 bits per heavy atom. The number of rotatable bonds is 2. The zero-order chi connectivity index (χ0) is 15.3. The molecule has 1 aromatic heterocycles. The molecule has 0 fully saturated rings. The molecule has 4 rings (SSSR count). The van der Waals surface area contributed by atoms with Crippen molar-refractivity contribution in [1.82, 2.24) is 15.2 Å². The average Bonchev–Trinajstić information content (AvgIpc) is 3.03. The van der Waals surface area contributed by atoms with E-state index in [-0.39, 0.29) is 18.0 Å². The first-order valence-electron chi connectivity index (χ1n) is 7.34. The van der Waals surface area contributed by atoms with Gasteiger partial charge in [-0.1, -0.05) is 6.92 Å². The first-order valence-corrected chi connectivity index (χ1v) is 7.34. The topological polar surface area (TPSA) is 91.8 Å². The zero-order valence-corrected chi connectivity index (χ0v) is 12.3. The molecular weight excluding hydrogens is 280 g/mol. The minimum atomic E-state index is -0.137. The Hall–Kier alpha value is -2.70. The molecule has 2 aliphatic rings.